The zero-order valence-electron chi connectivity index (χ0n) is 19.5. The molecule has 3 aromatic carbocycles. The Morgan fingerprint density at radius 1 is 0.971 bits per heavy atom. The summed E-state index contributed by atoms with van der Waals surface area (Å²) in [6.07, 6.45) is 6.15. The molecule has 0 saturated heterocycles. The van der Waals surface area contributed by atoms with Crippen LogP contribution in [0.3, 0.4) is 0 Å². The molecule has 0 saturated carbocycles. The van der Waals surface area contributed by atoms with E-state index in [1.165, 1.54) is 11.1 Å². The summed E-state index contributed by atoms with van der Waals surface area (Å²) in [5.41, 5.74) is 10.5. The number of allylic oxidation sites excluding steroid dienone is 1. The molecule has 0 radical (unpaired) electrons. The van der Waals surface area contributed by atoms with Crippen LogP contribution >= 0.6 is 0 Å². The van der Waals surface area contributed by atoms with E-state index in [1.807, 2.05) is 49.4 Å². The summed E-state index contributed by atoms with van der Waals surface area (Å²) < 4.78 is 0. The molecular weight excluding hydrogens is 418 g/mol. The van der Waals surface area contributed by atoms with Crippen LogP contribution in [-0.2, 0) is 19.3 Å². The molecule has 5 rings (SSSR count). The van der Waals surface area contributed by atoms with Crippen molar-refractivity contribution >= 4 is 11.9 Å². The molecule has 3 heteroatoms. The first-order chi connectivity index (χ1) is 16.5. The zero-order chi connectivity index (χ0) is 23.7. The first kappa shape index (κ1) is 21.8. The van der Waals surface area contributed by atoms with Crippen molar-refractivity contribution in [2.75, 3.05) is 0 Å². The molecule has 0 bridgehead atoms. The van der Waals surface area contributed by atoms with E-state index in [9.17, 15) is 9.90 Å². The first-order valence-corrected chi connectivity index (χ1v) is 11.6. The Bertz CT molecular complexity index is 1430. The maximum atomic E-state index is 12.8. The molecule has 3 nitrogen and oxygen atoms in total. The number of hydrogen-bond donors (Lipinski definition) is 1. The van der Waals surface area contributed by atoms with Crippen LogP contribution in [0.1, 0.15) is 49.6 Å². The van der Waals surface area contributed by atoms with Gasteiger partial charge in [-0.05, 0) is 65.9 Å². The van der Waals surface area contributed by atoms with Gasteiger partial charge in [-0.15, -0.1) is 0 Å². The van der Waals surface area contributed by atoms with Crippen molar-refractivity contribution in [3.05, 3.63) is 124 Å². The fraction of sp³-hybridized carbons (Fsp3) is 0.161. The summed E-state index contributed by atoms with van der Waals surface area (Å²) in [6, 6.07) is 23.6. The van der Waals surface area contributed by atoms with Crippen LogP contribution in [0.5, 0.6) is 5.75 Å². The van der Waals surface area contributed by atoms with Crippen LogP contribution in [0.15, 0.2) is 78.9 Å². The largest absolute Gasteiger partial charge is 0.508 e. The number of carbonyl (C=O) groups is 1. The van der Waals surface area contributed by atoms with E-state index in [4.69, 9.17) is 4.98 Å². The Labute approximate surface area is 200 Å². The fourth-order valence-electron chi connectivity index (χ4n) is 4.62. The third-order valence-corrected chi connectivity index (χ3v) is 6.43. The normalized spacial score (nSPS) is 12.1. The Kier molecular flexibility index (Phi) is 5.85. The van der Waals surface area contributed by atoms with Gasteiger partial charge < -0.3 is 5.11 Å². The molecule has 1 aliphatic carbocycles. The highest BCUT2D eigenvalue weighted by Gasteiger charge is 2.17. The number of benzene rings is 3. The third kappa shape index (κ3) is 4.55. The van der Waals surface area contributed by atoms with Crippen molar-refractivity contribution in [3.63, 3.8) is 0 Å². The Morgan fingerprint density at radius 2 is 1.82 bits per heavy atom. The summed E-state index contributed by atoms with van der Waals surface area (Å²) in [4.78, 5) is 17.8. The van der Waals surface area contributed by atoms with Crippen molar-refractivity contribution in [2.24, 2.45) is 0 Å². The number of carbonyl (C=O) groups excluding carboxylic acids is 1. The molecule has 0 amide bonds. The number of aromatic nitrogens is 1. The number of phenolic OH excluding ortho intramolecular Hbond substituents is 1. The molecule has 0 fully saturated rings. The Hall–Kier alpha value is -3.98. The van der Waals surface area contributed by atoms with E-state index in [0.717, 1.165) is 51.2 Å². The summed E-state index contributed by atoms with van der Waals surface area (Å²) >= 11 is 0. The highest BCUT2D eigenvalue weighted by Crippen LogP contribution is 2.33. The third-order valence-electron chi connectivity index (χ3n) is 6.43. The quantitative estimate of drug-likeness (QED) is 0.338. The number of nitrogens with zero attached hydrogens (tertiary/aromatic N) is 1. The smallest absolute Gasteiger partial charge is 0.167 e. The lowest BCUT2D eigenvalue weighted by molar-refractivity contribution is 0.0993. The molecule has 1 heterocycles. The van der Waals surface area contributed by atoms with Gasteiger partial charge in [-0.3, -0.25) is 9.78 Å². The average molecular weight is 446 g/mol. The number of hydrogen-bond acceptors (Lipinski definition) is 3. The van der Waals surface area contributed by atoms with Crippen molar-refractivity contribution < 1.29 is 9.90 Å². The van der Waals surface area contributed by atoms with E-state index >= 15 is 0 Å². The first-order valence-electron chi connectivity index (χ1n) is 11.6. The van der Waals surface area contributed by atoms with Crippen molar-refractivity contribution in [1.82, 2.24) is 4.98 Å². The lowest BCUT2D eigenvalue weighted by Gasteiger charge is -2.13. The van der Waals surface area contributed by atoms with Crippen LogP contribution in [0, 0.1) is 13.8 Å². The second-order valence-corrected chi connectivity index (χ2v) is 9.09. The number of fused-ring (bicyclic) bond motifs is 1. The summed E-state index contributed by atoms with van der Waals surface area (Å²) in [5, 5.41) is 10.0. The Balaban J connectivity index is 1.45. The number of phenols is 1. The summed E-state index contributed by atoms with van der Waals surface area (Å²) in [7, 11) is 0. The molecule has 0 aliphatic heterocycles. The number of pyridine rings is 1. The molecule has 1 aliphatic rings. The number of ketones is 1. The van der Waals surface area contributed by atoms with Crippen molar-refractivity contribution in [2.45, 2.75) is 33.1 Å². The minimum absolute atomic E-state index is 0.131. The summed E-state index contributed by atoms with van der Waals surface area (Å²) in [5.74, 6) is 0.389. The SMILES string of the molecule is Cc1cccc(C(=O)Cc2ccc(C)c(Cc3cc(-c4cccc(O)c4)c4c(n3)CC=C4)c2)c1. The molecule has 1 N–H and O–H groups in total. The predicted octanol–water partition coefficient (Wildman–Crippen LogP) is 6.66. The number of aromatic hydroxyl groups is 1. The molecule has 0 spiro atoms. The van der Waals surface area contributed by atoms with Crippen LogP contribution < -0.4 is 0 Å². The van der Waals surface area contributed by atoms with E-state index in [2.05, 4.69) is 37.3 Å². The maximum Gasteiger partial charge on any atom is 0.167 e. The van der Waals surface area contributed by atoms with E-state index in [1.54, 1.807) is 12.1 Å². The van der Waals surface area contributed by atoms with Gasteiger partial charge in [-0.25, -0.2) is 0 Å². The van der Waals surface area contributed by atoms with Crippen LogP contribution in [0.2, 0.25) is 0 Å². The number of rotatable bonds is 6. The van der Waals surface area contributed by atoms with E-state index < -0.39 is 0 Å². The second-order valence-electron chi connectivity index (χ2n) is 9.09. The van der Waals surface area contributed by atoms with Gasteiger partial charge in [0, 0.05) is 36.1 Å². The lowest BCUT2D eigenvalue weighted by Crippen LogP contribution is -2.05. The minimum atomic E-state index is 0.131. The fourth-order valence-corrected chi connectivity index (χ4v) is 4.62. The zero-order valence-corrected chi connectivity index (χ0v) is 19.5. The van der Waals surface area contributed by atoms with Gasteiger partial charge in [0.25, 0.3) is 0 Å². The van der Waals surface area contributed by atoms with Crippen LogP contribution in [-0.4, -0.2) is 15.9 Å². The van der Waals surface area contributed by atoms with Crippen LogP contribution in [0.25, 0.3) is 17.2 Å². The van der Waals surface area contributed by atoms with Crippen molar-refractivity contribution in [3.8, 4) is 16.9 Å². The van der Waals surface area contributed by atoms with E-state index in [0.29, 0.717) is 12.8 Å². The number of Topliss-reactive ketones (excluding diaryl/α,β-unsaturated/α-hetero) is 1. The molecule has 0 atom stereocenters. The molecule has 168 valence electrons. The van der Waals surface area contributed by atoms with Gasteiger partial charge >= 0.3 is 0 Å². The number of aryl methyl sites for hydroxylation is 2. The van der Waals surface area contributed by atoms with Gasteiger partial charge in [0.05, 0.1) is 5.69 Å². The second kappa shape index (κ2) is 9.11. The maximum absolute atomic E-state index is 12.8. The monoisotopic (exact) mass is 445 g/mol. The van der Waals surface area contributed by atoms with Gasteiger partial charge in [-0.1, -0.05) is 66.2 Å². The van der Waals surface area contributed by atoms with Gasteiger partial charge in [0.15, 0.2) is 5.78 Å². The van der Waals surface area contributed by atoms with Crippen LogP contribution in [0.4, 0.5) is 0 Å². The summed E-state index contributed by atoms with van der Waals surface area (Å²) in [6.45, 7) is 4.11. The molecule has 34 heavy (non-hydrogen) atoms. The molecular formula is C31H27NO2. The van der Waals surface area contributed by atoms with Gasteiger partial charge in [0.1, 0.15) is 5.75 Å². The minimum Gasteiger partial charge on any atom is -0.508 e. The molecule has 1 aromatic heterocycles. The van der Waals surface area contributed by atoms with Crippen molar-refractivity contribution in [1.29, 1.82) is 0 Å². The Morgan fingerprint density at radius 3 is 2.65 bits per heavy atom. The standard InChI is InChI=1S/C31H27NO2/c1-20-6-3-8-24(14-20)31(34)16-22-13-12-21(2)25(15-22)17-26-19-29(23-7-4-9-27(33)18-23)28-10-5-11-30(28)32-26/h3-10,12-15,18-19,33H,11,16-17H2,1-2H3. The van der Waals surface area contributed by atoms with Gasteiger partial charge in [0.2, 0.25) is 0 Å². The topological polar surface area (TPSA) is 50.2 Å². The highest BCUT2D eigenvalue weighted by atomic mass is 16.3. The molecule has 4 aromatic rings. The lowest BCUT2D eigenvalue weighted by atomic mass is 9.94. The average Bonchev–Trinajstić information content (AvgIpc) is 3.29. The highest BCUT2D eigenvalue weighted by molar-refractivity contribution is 5.97. The van der Waals surface area contributed by atoms with Gasteiger partial charge in [-0.2, -0.15) is 0 Å². The predicted molar refractivity (Wildman–Crippen MR) is 137 cm³/mol. The van der Waals surface area contributed by atoms with E-state index in [-0.39, 0.29) is 11.5 Å². The molecule has 0 unspecified atom stereocenters.